The highest BCUT2D eigenvalue weighted by atomic mass is 19.1. The first-order chi connectivity index (χ1) is 14.9. The predicted octanol–water partition coefficient (Wildman–Crippen LogP) is 5.01. The largest absolute Gasteiger partial charge is 0.489 e. The zero-order valence-corrected chi connectivity index (χ0v) is 17.0. The van der Waals surface area contributed by atoms with E-state index >= 15 is 0 Å². The van der Waals surface area contributed by atoms with Crippen LogP contribution in [-0.4, -0.2) is 23.0 Å². The predicted molar refractivity (Wildman–Crippen MR) is 115 cm³/mol. The Balaban J connectivity index is 1.65. The number of anilines is 1. The lowest BCUT2D eigenvalue weighted by Gasteiger charge is -2.25. The minimum absolute atomic E-state index is 0.108. The van der Waals surface area contributed by atoms with Crippen molar-refractivity contribution in [3.8, 4) is 5.75 Å². The number of carbonyl (C=O) groups is 2. The molecule has 3 aromatic rings. The number of carboxylic acid groups (broad SMARTS) is 1. The molecule has 5 nitrogen and oxygen atoms in total. The molecule has 0 unspecified atom stereocenters. The second-order valence-corrected chi connectivity index (χ2v) is 7.62. The fraction of sp³-hybridized carbons (Fsp3) is 0.200. The number of aliphatic carboxylic acids is 1. The summed E-state index contributed by atoms with van der Waals surface area (Å²) < 4.78 is 19.2. The first-order valence-corrected chi connectivity index (χ1v) is 10.1. The van der Waals surface area contributed by atoms with Gasteiger partial charge in [-0.15, -0.1) is 0 Å². The number of ether oxygens (including phenoxy) is 1. The summed E-state index contributed by atoms with van der Waals surface area (Å²) in [6.07, 6.45) is -0.108. The van der Waals surface area contributed by atoms with Gasteiger partial charge in [-0.25, -0.2) is 4.39 Å². The van der Waals surface area contributed by atoms with Crippen LogP contribution in [0.1, 0.15) is 40.7 Å². The maximum Gasteiger partial charge on any atom is 0.304 e. The standard InChI is InChI=1S/C25H22FNO4/c1-16-21(14-24(28)29)22-13-20(31-15-17-5-3-2-4-6-17)11-12-23(22)27(16)25(30)18-7-9-19(26)10-8-18/h2-13,16,21H,14-15H2,1H3,(H,28,29)/t16-,21-/m1/s1. The van der Waals surface area contributed by atoms with Crippen LogP contribution in [-0.2, 0) is 11.4 Å². The van der Waals surface area contributed by atoms with Crippen molar-refractivity contribution in [2.45, 2.75) is 31.9 Å². The monoisotopic (exact) mass is 419 g/mol. The highest BCUT2D eigenvalue weighted by Crippen LogP contribution is 2.45. The van der Waals surface area contributed by atoms with Crippen molar-refractivity contribution in [2.75, 3.05) is 4.90 Å². The Morgan fingerprint density at radius 2 is 1.74 bits per heavy atom. The molecule has 0 spiro atoms. The lowest BCUT2D eigenvalue weighted by molar-refractivity contribution is -0.137. The number of benzene rings is 3. The van der Waals surface area contributed by atoms with Gasteiger partial charge in [0.15, 0.2) is 0 Å². The Kier molecular flexibility index (Phi) is 5.71. The van der Waals surface area contributed by atoms with E-state index in [9.17, 15) is 19.1 Å². The molecule has 3 aromatic carbocycles. The molecule has 4 rings (SSSR count). The number of nitrogens with zero attached hydrogens (tertiary/aromatic N) is 1. The van der Waals surface area contributed by atoms with Crippen LogP contribution in [0.5, 0.6) is 5.75 Å². The van der Waals surface area contributed by atoms with Gasteiger partial charge in [-0.2, -0.15) is 0 Å². The van der Waals surface area contributed by atoms with Gasteiger partial charge in [-0.05, 0) is 60.5 Å². The number of rotatable bonds is 6. The highest BCUT2D eigenvalue weighted by Gasteiger charge is 2.40. The van der Waals surface area contributed by atoms with Gasteiger partial charge in [0.25, 0.3) is 5.91 Å². The summed E-state index contributed by atoms with van der Waals surface area (Å²) in [5, 5.41) is 9.43. The van der Waals surface area contributed by atoms with E-state index in [0.717, 1.165) is 11.1 Å². The van der Waals surface area contributed by atoms with Crippen LogP contribution in [0.4, 0.5) is 10.1 Å². The number of halogens is 1. The van der Waals surface area contributed by atoms with Crippen molar-refractivity contribution in [3.63, 3.8) is 0 Å². The molecule has 0 fully saturated rings. The van der Waals surface area contributed by atoms with Gasteiger partial charge in [-0.3, -0.25) is 9.59 Å². The quantitative estimate of drug-likeness (QED) is 0.610. The topological polar surface area (TPSA) is 66.8 Å². The molecule has 1 aliphatic rings. The molecule has 1 heterocycles. The van der Waals surface area contributed by atoms with Crippen LogP contribution in [0.15, 0.2) is 72.8 Å². The molecule has 0 saturated heterocycles. The summed E-state index contributed by atoms with van der Waals surface area (Å²) in [6.45, 7) is 2.22. The number of hydrogen-bond acceptors (Lipinski definition) is 3. The van der Waals surface area contributed by atoms with E-state index in [2.05, 4.69) is 0 Å². The van der Waals surface area contributed by atoms with E-state index in [1.54, 1.807) is 17.0 Å². The molecule has 0 saturated carbocycles. The van der Waals surface area contributed by atoms with Crippen molar-refractivity contribution in [3.05, 3.63) is 95.3 Å². The molecule has 1 aliphatic heterocycles. The molecule has 0 aromatic heterocycles. The molecule has 0 radical (unpaired) electrons. The molecule has 1 amide bonds. The molecule has 158 valence electrons. The molecule has 0 bridgehead atoms. The van der Waals surface area contributed by atoms with Crippen molar-refractivity contribution >= 4 is 17.6 Å². The number of hydrogen-bond donors (Lipinski definition) is 1. The normalized spacial score (nSPS) is 17.3. The molecule has 31 heavy (non-hydrogen) atoms. The summed E-state index contributed by atoms with van der Waals surface area (Å²) >= 11 is 0. The van der Waals surface area contributed by atoms with E-state index in [1.807, 2.05) is 43.3 Å². The third-order valence-electron chi connectivity index (χ3n) is 5.60. The summed E-state index contributed by atoms with van der Waals surface area (Å²) in [5.41, 5.74) is 2.78. The van der Waals surface area contributed by atoms with Gasteiger partial charge >= 0.3 is 5.97 Å². The first kappa shape index (κ1) is 20.6. The van der Waals surface area contributed by atoms with Crippen LogP contribution in [0.2, 0.25) is 0 Å². The van der Waals surface area contributed by atoms with Gasteiger partial charge in [0, 0.05) is 23.2 Å². The molecule has 1 N–H and O–H groups in total. The van der Waals surface area contributed by atoms with Crippen molar-refractivity contribution in [2.24, 2.45) is 0 Å². The molecule has 6 heteroatoms. The summed E-state index contributed by atoms with van der Waals surface area (Å²) in [6, 6.07) is 20.1. The highest BCUT2D eigenvalue weighted by molar-refractivity contribution is 6.08. The summed E-state index contributed by atoms with van der Waals surface area (Å²) in [7, 11) is 0. The first-order valence-electron chi connectivity index (χ1n) is 10.1. The lowest BCUT2D eigenvalue weighted by atomic mass is 9.92. The SMILES string of the molecule is C[C@@H]1[C@@H](CC(=O)O)c2cc(OCc3ccccc3)ccc2N1C(=O)c1ccc(F)cc1. The van der Waals surface area contributed by atoms with Gasteiger partial charge in [-0.1, -0.05) is 30.3 Å². The molecular weight excluding hydrogens is 397 g/mol. The maximum absolute atomic E-state index is 13.3. The fourth-order valence-electron chi connectivity index (χ4n) is 4.03. The van der Waals surface area contributed by atoms with Gasteiger partial charge in [0.2, 0.25) is 0 Å². The Hall–Kier alpha value is -3.67. The van der Waals surface area contributed by atoms with E-state index in [1.165, 1.54) is 24.3 Å². The summed E-state index contributed by atoms with van der Waals surface area (Å²) in [5.74, 6) is -1.41. The molecule has 2 atom stereocenters. The van der Waals surface area contributed by atoms with E-state index < -0.39 is 11.8 Å². The second-order valence-electron chi connectivity index (χ2n) is 7.62. The second kappa shape index (κ2) is 8.60. The maximum atomic E-state index is 13.3. The van der Waals surface area contributed by atoms with Crippen LogP contribution in [0, 0.1) is 5.82 Å². The Bertz CT molecular complexity index is 1100. The fourth-order valence-corrected chi connectivity index (χ4v) is 4.03. The van der Waals surface area contributed by atoms with Gasteiger partial charge < -0.3 is 14.7 Å². The number of carboxylic acids is 1. The van der Waals surface area contributed by atoms with Crippen LogP contribution < -0.4 is 9.64 Å². The number of amides is 1. The van der Waals surface area contributed by atoms with Crippen LogP contribution in [0.25, 0.3) is 0 Å². The Morgan fingerprint density at radius 3 is 2.42 bits per heavy atom. The van der Waals surface area contributed by atoms with E-state index in [0.29, 0.717) is 23.6 Å². The van der Waals surface area contributed by atoms with Crippen molar-refractivity contribution in [1.82, 2.24) is 0 Å². The smallest absolute Gasteiger partial charge is 0.304 e. The number of carbonyl (C=O) groups excluding carboxylic acids is 1. The van der Waals surface area contributed by atoms with E-state index in [4.69, 9.17) is 4.74 Å². The zero-order chi connectivity index (χ0) is 22.0. The molecule has 0 aliphatic carbocycles. The Labute approximate surface area is 179 Å². The molecular formula is C25H22FNO4. The van der Waals surface area contributed by atoms with Gasteiger partial charge in [0.05, 0.1) is 6.42 Å². The third kappa shape index (κ3) is 4.28. The van der Waals surface area contributed by atoms with Gasteiger partial charge in [0.1, 0.15) is 18.2 Å². The minimum atomic E-state index is -0.936. The average Bonchev–Trinajstić information content (AvgIpc) is 3.03. The average molecular weight is 419 g/mol. The van der Waals surface area contributed by atoms with Crippen LogP contribution >= 0.6 is 0 Å². The zero-order valence-electron chi connectivity index (χ0n) is 17.0. The van der Waals surface area contributed by atoms with Crippen LogP contribution in [0.3, 0.4) is 0 Å². The van der Waals surface area contributed by atoms with Crippen molar-refractivity contribution < 1.29 is 23.8 Å². The third-order valence-corrected chi connectivity index (χ3v) is 5.60. The van der Waals surface area contributed by atoms with Crippen molar-refractivity contribution in [1.29, 1.82) is 0 Å². The number of fused-ring (bicyclic) bond motifs is 1. The Morgan fingerprint density at radius 1 is 1.03 bits per heavy atom. The van der Waals surface area contributed by atoms with E-state index in [-0.39, 0.29) is 24.3 Å². The minimum Gasteiger partial charge on any atom is -0.489 e. The summed E-state index contributed by atoms with van der Waals surface area (Å²) in [4.78, 5) is 26.3. The lowest BCUT2D eigenvalue weighted by Crippen LogP contribution is -2.37.